The molecule has 1 aromatic carbocycles. The number of aliphatic hydroxyl groups is 1. The second-order valence-electron chi connectivity index (χ2n) is 11.3. The van der Waals surface area contributed by atoms with E-state index in [4.69, 9.17) is 0 Å². The summed E-state index contributed by atoms with van der Waals surface area (Å²) in [5.41, 5.74) is -0.491. The van der Waals surface area contributed by atoms with Crippen LogP contribution in [0, 0.1) is 0 Å². The highest BCUT2D eigenvalue weighted by molar-refractivity contribution is 6.00. The van der Waals surface area contributed by atoms with Crippen LogP contribution in [-0.2, 0) is 15.1 Å². The molecular weight excluding hydrogens is 462 g/mol. The molecule has 4 rings (SSSR count). The number of unbranched alkanes of at least 4 members (excludes halogenated alkanes) is 1. The third-order valence-corrected chi connectivity index (χ3v) is 8.77. The highest BCUT2D eigenvalue weighted by Gasteiger charge is 2.55. The second kappa shape index (κ2) is 11.2. The maximum absolute atomic E-state index is 13.8. The van der Waals surface area contributed by atoms with Crippen molar-refractivity contribution in [2.45, 2.75) is 108 Å². The van der Waals surface area contributed by atoms with Crippen molar-refractivity contribution >= 4 is 24.2 Å². The Morgan fingerprint density at radius 2 is 1.66 bits per heavy atom. The summed E-state index contributed by atoms with van der Waals surface area (Å²) in [6.07, 6.45) is 8.03. The zero-order valence-electron chi connectivity index (χ0n) is 21.7. The summed E-state index contributed by atoms with van der Waals surface area (Å²) in [6.45, 7) is 8.73. The van der Waals surface area contributed by atoms with Gasteiger partial charge in [0.15, 0.2) is 0 Å². The van der Waals surface area contributed by atoms with E-state index in [1.807, 2.05) is 11.0 Å². The summed E-state index contributed by atoms with van der Waals surface area (Å²) in [4.78, 5) is 31.8. The van der Waals surface area contributed by atoms with Crippen LogP contribution in [-0.4, -0.2) is 63.5 Å². The fourth-order valence-corrected chi connectivity index (χ4v) is 6.41. The zero-order valence-corrected chi connectivity index (χ0v) is 22.5. The Balaban J connectivity index is 0.00000342. The van der Waals surface area contributed by atoms with Crippen LogP contribution in [0.1, 0.15) is 90.5 Å². The molecule has 1 spiro atoms. The van der Waals surface area contributed by atoms with Crippen molar-refractivity contribution in [1.29, 1.82) is 0 Å². The number of piperidine rings is 1. The largest absolute Gasteiger partial charge is 0.390 e. The van der Waals surface area contributed by atoms with Gasteiger partial charge in [-0.3, -0.25) is 14.5 Å². The maximum atomic E-state index is 13.8. The monoisotopic (exact) mass is 505 g/mol. The number of benzene rings is 1. The van der Waals surface area contributed by atoms with Crippen molar-refractivity contribution < 1.29 is 14.7 Å². The Labute approximate surface area is 217 Å². The van der Waals surface area contributed by atoms with Crippen LogP contribution in [0.15, 0.2) is 30.3 Å². The summed E-state index contributed by atoms with van der Waals surface area (Å²) in [5, 5.41) is 14.2. The van der Waals surface area contributed by atoms with Gasteiger partial charge in [-0.25, -0.2) is 0 Å². The van der Waals surface area contributed by atoms with Crippen molar-refractivity contribution in [3.8, 4) is 0 Å². The van der Waals surface area contributed by atoms with Gasteiger partial charge in [0.1, 0.15) is 11.6 Å². The molecule has 2 aliphatic heterocycles. The fraction of sp³-hybridized carbons (Fsp3) is 0.714. The Hall–Kier alpha value is -1.63. The van der Waals surface area contributed by atoms with Crippen LogP contribution < -0.4 is 5.32 Å². The molecule has 2 heterocycles. The molecule has 6 nitrogen and oxygen atoms in total. The molecule has 0 aromatic heterocycles. The first-order valence-electron chi connectivity index (χ1n) is 13.4. The minimum atomic E-state index is -0.837. The van der Waals surface area contributed by atoms with Gasteiger partial charge in [0.2, 0.25) is 11.8 Å². The van der Waals surface area contributed by atoms with E-state index in [0.717, 1.165) is 58.0 Å². The first-order chi connectivity index (χ1) is 16.2. The van der Waals surface area contributed by atoms with Crippen molar-refractivity contribution in [1.82, 2.24) is 15.1 Å². The van der Waals surface area contributed by atoms with E-state index in [0.29, 0.717) is 25.8 Å². The molecule has 3 aliphatic rings. The van der Waals surface area contributed by atoms with Gasteiger partial charge in [-0.05, 0) is 51.5 Å². The van der Waals surface area contributed by atoms with Gasteiger partial charge in [0, 0.05) is 31.6 Å². The summed E-state index contributed by atoms with van der Waals surface area (Å²) < 4.78 is 0. The second-order valence-corrected chi connectivity index (χ2v) is 11.3. The molecule has 7 heteroatoms. The van der Waals surface area contributed by atoms with Gasteiger partial charge in [0.25, 0.3) is 0 Å². The Morgan fingerprint density at radius 3 is 2.26 bits per heavy atom. The molecule has 0 bridgehead atoms. The number of nitrogens with one attached hydrogen (secondary N) is 1. The van der Waals surface area contributed by atoms with E-state index in [1.54, 1.807) is 0 Å². The van der Waals surface area contributed by atoms with Gasteiger partial charge in [-0.1, -0.05) is 62.9 Å². The highest BCUT2D eigenvalue weighted by Crippen LogP contribution is 2.40. The molecule has 196 valence electrons. The molecular formula is C28H44ClN3O3. The van der Waals surface area contributed by atoms with Crippen molar-refractivity contribution in [2.24, 2.45) is 0 Å². The molecule has 35 heavy (non-hydrogen) atoms. The third-order valence-electron chi connectivity index (χ3n) is 8.77. The van der Waals surface area contributed by atoms with Crippen LogP contribution in [0.2, 0.25) is 0 Å². The minimum absolute atomic E-state index is 0. The number of likely N-dealkylation sites (tertiary alicyclic amines) is 1. The van der Waals surface area contributed by atoms with Gasteiger partial charge >= 0.3 is 0 Å². The topological polar surface area (TPSA) is 72.9 Å². The summed E-state index contributed by atoms with van der Waals surface area (Å²) in [6, 6.07) is 9.89. The van der Waals surface area contributed by atoms with Crippen LogP contribution in [0.3, 0.4) is 0 Å². The molecule has 2 amide bonds. The van der Waals surface area contributed by atoms with E-state index in [9.17, 15) is 14.7 Å². The fourth-order valence-electron chi connectivity index (χ4n) is 6.41. The average molecular weight is 506 g/mol. The third kappa shape index (κ3) is 5.55. The van der Waals surface area contributed by atoms with E-state index < -0.39 is 17.2 Å². The SMILES string of the molecule is CCCCN1C(=O)[C@@H](CC2(O)CCCCC2)NC(=O)C12CCN(C(C)(C)c1ccccc1)CC2.Cl. The van der Waals surface area contributed by atoms with Gasteiger partial charge < -0.3 is 15.3 Å². The lowest BCUT2D eigenvalue weighted by atomic mass is 9.76. The number of rotatable bonds is 7. The predicted molar refractivity (Wildman–Crippen MR) is 141 cm³/mol. The number of amides is 2. The number of carbonyl (C=O) groups is 2. The number of nitrogens with zero attached hydrogens (tertiary/aromatic N) is 2. The van der Waals surface area contributed by atoms with Crippen LogP contribution in [0.25, 0.3) is 0 Å². The quantitative estimate of drug-likeness (QED) is 0.576. The van der Waals surface area contributed by atoms with Crippen molar-refractivity contribution in [2.75, 3.05) is 19.6 Å². The normalized spacial score (nSPS) is 24.7. The number of hydrogen-bond donors (Lipinski definition) is 2. The first kappa shape index (κ1) is 27.9. The molecule has 2 saturated heterocycles. The predicted octanol–water partition coefficient (Wildman–Crippen LogP) is 4.39. The zero-order chi connectivity index (χ0) is 24.4. The number of halogens is 1. The van der Waals surface area contributed by atoms with Gasteiger partial charge in [0.05, 0.1) is 5.60 Å². The summed E-state index contributed by atoms with van der Waals surface area (Å²) in [7, 11) is 0. The van der Waals surface area contributed by atoms with Crippen LogP contribution in [0.5, 0.6) is 0 Å². The Kier molecular flexibility index (Phi) is 8.93. The average Bonchev–Trinajstić information content (AvgIpc) is 2.84. The minimum Gasteiger partial charge on any atom is -0.390 e. The number of hydrogen-bond acceptors (Lipinski definition) is 4. The van der Waals surface area contributed by atoms with E-state index >= 15 is 0 Å². The standard InChI is InChI=1S/C28H43N3O3.ClH/c1-4-5-18-31-24(32)23(21-27(34)14-10-7-11-15-27)29-25(33)28(31)16-19-30(20-17-28)26(2,3)22-12-8-6-9-13-22;/h6,8-9,12-13,23,34H,4-5,7,10-11,14-21H2,1-3H3,(H,29,33);1H/t23-;/m1./s1. The Morgan fingerprint density at radius 1 is 1.03 bits per heavy atom. The van der Waals surface area contributed by atoms with Crippen molar-refractivity contribution in [3.05, 3.63) is 35.9 Å². The molecule has 1 aromatic rings. The van der Waals surface area contributed by atoms with Gasteiger partial charge in [-0.15, -0.1) is 12.4 Å². The molecule has 0 unspecified atom stereocenters. The molecule has 0 radical (unpaired) electrons. The smallest absolute Gasteiger partial charge is 0.246 e. The molecule has 1 aliphatic carbocycles. The molecule has 2 N–H and O–H groups in total. The van der Waals surface area contributed by atoms with Crippen molar-refractivity contribution in [3.63, 3.8) is 0 Å². The first-order valence-corrected chi connectivity index (χ1v) is 13.4. The highest BCUT2D eigenvalue weighted by atomic mass is 35.5. The summed E-state index contributed by atoms with van der Waals surface area (Å²) in [5.74, 6) is -0.0207. The van der Waals surface area contributed by atoms with E-state index in [2.05, 4.69) is 55.3 Å². The summed E-state index contributed by atoms with van der Waals surface area (Å²) >= 11 is 0. The Bertz CT molecular complexity index is 861. The van der Waals surface area contributed by atoms with Gasteiger partial charge in [-0.2, -0.15) is 0 Å². The van der Waals surface area contributed by atoms with E-state index in [1.165, 1.54) is 5.56 Å². The maximum Gasteiger partial charge on any atom is 0.246 e. The lowest BCUT2D eigenvalue weighted by molar-refractivity contribution is -0.164. The number of carbonyl (C=O) groups excluding carboxylic acids is 2. The van der Waals surface area contributed by atoms with Crippen LogP contribution >= 0.6 is 12.4 Å². The van der Waals surface area contributed by atoms with E-state index in [-0.39, 0.29) is 29.8 Å². The lowest BCUT2D eigenvalue weighted by Gasteiger charge is -2.54. The van der Waals surface area contributed by atoms with Crippen LogP contribution in [0.4, 0.5) is 0 Å². The molecule has 1 atom stereocenters. The number of piperazine rings is 1. The lowest BCUT2D eigenvalue weighted by Crippen LogP contribution is -2.74. The molecule has 3 fully saturated rings. The molecule has 1 saturated carbocycles.